The third kappa shape index (κ3) is 8.49. The van der Waals surface area contributed by atoms with E-state index in [4.69, 9.17) is 0 Å². The fraction of sp³-hybridized carbons (Fsp3) is 0.417. The van der Waals surface area contributed by atoms with E-state index in [2.05, 4.69) is 56.2 Å². The highest BCUT2D eigenvalue weighted by Gasteiger charge is 2.24. The monoisotopic (exact) mass is 535 g/mol. The van der Waals surface area contributed by atoms with E-state index < -0.39 is 0 Å². The van der Waals surface area contributed by atoms with Crippen molar-refractivity contribution in [3.8, 4) is 0 Å². The zero-order valence-electron chi connectivity index (χ0n) is 18.4. The minimum atomic E-state index is -0.0520. The van der Waals surface area contributed by atoms with Gasteiger partial charge in [-0.25, -0.2) is 0 Å². The van der Waals surface area contributed by atoms with E-state index in [1.54, 1.807) is 0 Å². The number of rotatable bonds is 8. The maximum Gasteiger partial charge on any atom is 0.221 e. The van der Waals surface area contributed by atoms with Crippen molar-refractivity contribution in [1.82, 2.24) is 15.5 Å². The Labute approximate surface area is 202 Å². The van der Waals surface area contributed by atoms with Crippen LogP contribution in [0.3, 0.4) is 0 Å². The SMILES string of the molecule is CN=C(NCCc1ccc(NC(C)=O)cc1)NCC1CCCN1Cc1ccccc1.I. The summed E-state index contributed by atoms with van der Waals surface area (Å²) in [5.74, 6) is 0.792. The lowest BCUT2D eigenvalue weighted by Gasteiger charge is -2.25. The minimum Gasteiger partial charge on any atom is -0.356 e. The van der Waals surface area contributed by atoms with Gasteiger partial charge in [-0.2, -0.15) is 0 Å². The van der Waals surface area contributed by atoms with Crippen LogP contribution in [0.25, 0.3) is 0 Å². The Balaban J connectivity index is 0.00000341. The second-order valence-corrected chi connectivity index (χ2v) is 7.76. The number of likely N-dealkylation sites (tertiary alicyclic amines) is 1. The summed E-state index contributed by atoms with van der Waals surface area (Å²) in [6.07, 6.45) is 3.36. The first-order valence-corrected chi connectivity index (χ1v) is 10.7. The quantitative estimate of drug-likeness (QED) is 0.275. The molecular weight excluding hydrogens is 501 g/mol. The predicted molar refractivity (Wildman–Crippen MR) is 139 cm³/mol. The van der Waals surface area contributed by atoms with Gasteiger partial charge in [-0.3, -0.25) is 14.7 Å². The van der Waals surface area contributed by atoms with Crippen LogP contribution in [0.4, 0.5) is 5.69 Å². The van der Waals surface area contributed by atoms with Crippen molar-refractivity contribution in [2.75, 3.05) is 32.0 Å². The number of carbonyl (C=O) groups is 1. The summed E-state index contributed by atoms with van der Waals surface area (Å²) in [4.78, 5) is 18.0. The summed E-state index contributed by atoms with van der Waals surface area (Å²) in [6.45, 7) is 5.38. The van der Waals surface area contributed by atoms with Gasteiger partial charge in [0.25, 0.3) is 0 Å². The number of halogens is 1. The molecule has 1 unspecified atom stereocenters. The molecule has 0 radical (unpaired) electrons. The van der Waals surface area contributed by atoms with E-state index in [9.17, 15) is 4.79 Å². The summed E-state index contributed by atoms with van der Waals surface area (Å²) >= 11 is 0. The predicted octanol–water partition coefficient (Wildman–Crippen LogP) is 3.64. The molecule has 3 rings (SSSR count). The molecule has 3 N–H and O–H groups in total. The Kier molecular flexibility index (Phi) is 10.8. The second kappa shape index (κ2) is 13.3. The van der Waals surface area contributed by atoms with Crippen molar-refractivity contribution < 1.29 is 4.79 Å². The van der Waals surface area contributed by atoms with Gasteiger partial charge in [0, 0.05) is 45.3 Å². The molecule has 31 heavy (non-hydrogen) atoms. The number of carbonyl (C=O) groups excluding carboxylic acids is 1. The molecule has 1 aliphatic rings. The van der Waals surface area contributed by atoms with Gasteiger partial charge in [-0.05, 0) is 49.1 Å². The minimum absolute atomic E-state index is 0. The maximum absolute atomic E-state index is 11.1. The van der Waals surface area contributed by atoms with Crippen LogP contribution in [-0.2, 0) is 17.8 Å². The van der Waals surface area contributed by atoms with Crippen molar-refractivity contribution in [1.29, 1.82) is 0 Å². The van der Waals surface area contributed by atoms with Crippen molar-refractivity contribution >= 4 is 41.5 Å². The average molecular weight is 535 g/mol. The standard InChI is InChI=1S/C24H33N5O.HI/c1-19(30)28-22-12-10-20(11-13-22)14-15-26-24(25-2)27-17-23-9-6-16-29(23)18-21-7-4-3-5-8-21;/h3-5,7-8,10-13,23H,6,9,14-18H2,1-2H3,(H,28,30)(H2,25,26,27);1H. The van der Waals surface area contributed by atoms with Crippen molar-refractivity contribution in [3.05, 3.63) is 65.7 Å². The van der Waals surface area contributed by atoms with Gasteiger partial charge >= 0.3 is 0 Å². The van der Waals surface area contributed by atoms with E-state index in [-0.39, 0.29) is 29.9 Å². The number of benzene rings is 2. The van der Waals surface area contributed by atoms with E-state index in [0.29, 0.717) is 6.04 Å². The molecular formula is C24H34IN5O. The fourth-order valence-electron chi connectivity index (χ4n) is 3.87. The molecule has 1 heterocycles. The molecule has 0 aromatic heterocycles. The lowest BCUT2D eigenvalue weighted by molar-refractivity contribution is -0.114. The summed E-state index contributed by atoms with van der Waals surface area (Å²) in [6, 6.07) is 19.2. The van der Waals surface area contributed by atoms with Gasteiger partial charge in [0.1, 0.15) is 0 Å². The summed E-state index contributed by atoms with van der Waals surface area (Å²) in [7, 11) is 1.81. The summed E-state index contributed by atoms with van der Waals surface area (Å²) < 4.78 is 0. The molecule has 1 saturated heterocycles. The van der Waals surface area contributed by atoms with Crippen LogP contribution in [-0.4, -0.2) is 49.5 Å². The van der Waals surface area contributed by atoms with Gasteiger partial charge in [-0.15, -0.1) is 24.0 Å². The van der Waals surface area contributed by atoms with Crippen LogP contribution in [0.2, 0.25) is 0 Å². The molecule has 0 spiro atoms. The van der Waals surface area contributed by atoms with Crippen molar-refractivity contribution in [2.24, 2.45) is 4.99 Å². The fourth-order valence-corrected chi connectivity index (χ4v) is 3.87. The summed E-state index contributed by atoms with van der Waals surface area (Å²) in [5, 5.41) is 9.69. The van der Waals surface area contributed by atoms with Gasteiger partial charge in [-0.1, -0.05) is 42.5 Å². The Morgan fingerprint density at radius 3 is 2.48 bits per heavy atom. The molecule has 0 bridgehead atoms. The average Bonchev–Trinajstić information content (AvgIpc) is 3.19. The van der Waals surface area contributed by atoms with E-state index in [0.717, 1.165) is 44.2 Å². The zero-order valence-corrected chi connectivity index (χ0v) is 20.8. The van der Waals surface area contributed by atoms with Crippen molar-refractivity contribution in [2.45, 2.75) is 38.8 Å². The van der Waals surface area contributed by atoms with E-state index in [1.165, 1.54) is 30.9 Å². The lowest BCUT2D eigenvalue weighted by atomic mass is 10.1. The number of hydrogen-bond donors (Lipinski definition) is 3. The Hall–Kier alpha value is -2.13. The number of guanidine groups is 1. The molecule has 1 aliphatic heterocycles. The number of anilines is 1. The Morgan fingerprint density at radius 1 is 1.06 bits per heavy atom. The molecule has 2 aromatic rings. The third-order valence-electron chi connectivity index (χ3n) is 5.44. The molecule has 2 aromatic carbocycles. The van der Waals surface area contributed by atoms with E-state index in [1.807, 2.05) is 31.3 Å². The van der Waals surface area contributed by atoms with Crippen LogP contribution in [0.5, 0.6) is 0 Å². The van der Waals surface area contributed by atoms with Crippen LogP contribution < -0.4 is 16.0 Å². The first-order chi connectivity index (χ1) is 14.6. The molecule has 7 heteroatoms. The van der Waals surface area contributed by atoms with E-state index >= 15 is 0 Å². The largest absolute Gasteiger partial charge is 0.356 e. The van der Waals surface area contributed by atoms with Crippen LogP contribution in [0, 0.1) is 0 Å². The molecule has 1 fully saturated rings. The normalized spacial score (nSPS) is 16.5. The maximum atomic E-state index is 11.1. The first kappa shape index (κ1) is 25.1. The molecule has 168 valence electrons. The van der Waals surface area contributed by atoms with Crippen LogP contribution >= 0.6 is 24.0 Å². The highest BCUT2D eigenvalue weighted by molar-refractivity contribution is 14.0. The third-order valence-corrected chi connectivity index (χ3v) is 5.44. The smallest absolute Gasteiger partial charge is 0.221 e. The lowest BCUT2D eigenvalue weighted by Crippen LogP contribution is -2.45. The number of nitrogens with one attached hydrogen (secondary N) is 3. The topological polar surface area (TPSA) is 68.8 Å². The molecule has 6 nitrogen and oxygen atoms in total. The van der Waals surface area contributed by atoms with Crippen molar-refractivity contribution in [3.63, 3.8) is 0 Å². The number of hydrogen-bond acceptors (Lipinski definition) is 3. The first-order valence-electron chi connectivity index (χ1n) is 10.7. The van der Waals surface area contributed by atoms with Gasteiger partial charge in [0.15, 0.2) is 5.96 Å². The molecule has 1 amide bonds. The highest BCUT2D eigenvalue weighted by atomic mass is 127. The summed E-state index contributed by atoms with van der Waals surface area (Å²) in [5.41, 5.74) is 3.42. The Morgan fingerprint density at radius 2 is 1.81 bits per heavy atom. The number of aliphatic imine (C=N–C) groups is 1. The highest BCUT2D eigenvalue weighted by Crippen LogP contribution is 2.19. The van der Waals surface area contributed by atoms with Gasteiger partial charge in [0.05, 0.1) is 0 Å². The van der Waals surface area contributed by atoms with Gasteiger partial charge in [0.2, 0.25) is 5.91 Å². The molecule has 0 aliphatic carbocycles. The molecule has 1 atom stereocenters. The van der Waals surface area contributed by atoms with Gasteiger partial charge < -0.3 is 16.0 Å². The van der Waals surface area contributed by atoms with Crippen LogP contribution in [0.15, 0.2) is 59.6 Å². The second-order valence-electron chi connectivity index (χ2n) is 7.76. The van der Waals surface area contributed by atoms with Crippen LogP contribution in [0.1, 0.15) is 30.9 Å². The number of amides is 1. The molecule has 0 saturated carbocycles. The number of nitrogens with zero attached hydrogens (tertiary/aromatic N) is 2. The Bertz CT molecular complexity index is 826. The zero-order chi connectivity index (χ0) is 21.2.